The lowest BCUT2D eigenvalue weighted by Crippen LogP contribution is -2.34. The zero-order valence-corrected chi connectivity index (χ0v) is 12.4. The summed E-state index contributed by atoms with van der Waals surface area (Å²) in [6, 6.07) is 4.31. The molecule has 0 aliphatic carbocycles. The van der Waals surface area contributed by atoms with Crippen LogP contribution < -0.4 is 4.74 Å². The SMILES string of the molecule is CC(C)CS(=O)(=O)N1CCC(Oc2cccc(F)n2)C1. The lowest BCUT2D eigenvalue weighted by Gasteiger charge is -2.18. The van der Waals surface area contributed by atoms with E-state index in [4.69, 9.17) is 4.74 Å². The summed E-state index contributed by atoms with van der Waals surface area (Å²) in [5, 5.41) is 0. The Bertz CT molecular complexity index is 562. The second-order valence-corrected chi connectivity index (χ2v) is 7.37. The average molecular weight is 302 g/mol. The van der Waals surface area contributed by atoms with Crippen LogP contribution in [0.25, 0.3) is 0 Å². The van der Waals surface area contributed by atoms with Crippen LogP contribution in [0.15, 0.2) is 18.2 Å². The maximum absolute atomic E-state index is 13.0. The summed E-state index contributed by atoms with van der Waals surface area (Å²) in [5.74, 6) is -0.189. The summed E-state index contributed by atoms with van der Waals surface area (Å²) in [6.07, 6.45) is 0.321. The smallest absolute Gasteiger partial charge is 0.216 e. The molecule has 1 fully saturated rings. The summed E-state index contributed by atoms with van der Waals surface area (Å²) in [5.41, 5.74) is 0. The minimum Gasteiger partial charge on any atom is -0.473 e. The molecular formula is C13H19FN2O3S. The van der Waals surface area contributed by atoms with Crippen LogP contribution in [0.5, 0.6) is 5.88 Å². The molecule has 0 aromatic carbocycles. The van der Waals surface area contributed by atoms with Gasteiger partial charge in [-0.3, -0.25) is 0 Å². The number of halogens is 1. The van der Waals surface area contributed by atoms with E-state index < -0.39 is 16.0 Å². The van der Waals surface area contributed by atoms with Crippen LogP contribution in [-0.4, -0.2) is 42.7 Å². The van der Waals surface area contributed by atoms with Crippen LogP contribution in [-0.2, 0) is 10.0 Å². The zero-order chi connectivity index (χ0) is 14.8. The number of hydrogen-bond donors (Lipinski definition) is 0. The number of sulfonamides is 1. The lowest BCUT2D eigenvalue weighted by atomic mass is 10.3. The molecule has 2 heterocycles. The van der Waals surface area contributed by atoms with Gasteiger partial charge >= 0.3 is 0 Å². The van der Waals surface area contributed by atoms with Crippen LogP contribution >= 0.6 is 0 Å². The van der Waals surface area contributed by atoms with E-state index in [0.717, 1.165) is 0 Å². The van der Waals surface area contributed by atoms with Crippen molar-refractivity contribution in [1.82, 2.24) is 9.29 Å². The highest BCUT2D eigenvalue weighted by molar-refractivity contribution is 7.89. The highest BCUT2D eigenvalue weighted by Crippen LogP contribution is 2.20. The van der Waals surface area contributed by atoms with E-state index in [0.29, 0.717) is 19.5 Å². The predicted molar refractivity (Wildman–Crippen MR) is 73.4 cm³/mol. The minimum absolute atomic E-state index is 0.0878. The van der Waals surface area contributed by atoms with Crippen molar-refractivity contribution in [2.24, 2.45) is 5.92 Å². The molecule has 20 heavy (non-hydrogen) atoms. The van der Waals surface area contributed by atoms with Gasteiger partial charge in [0.15, 0.2) is 0 Å². The molecule has 1 aliphatic heterocycles. The van der Waals surface area contributed by atoms with Crippen molar-refractivity contribution in [3.8, 4) is 5.88 Å². The quantitative estimate of drug-likeness (QED) is 0.776. The molecule has 5 nitrogen and oxygen atoms in total. The molecule has 0 spiro atoms. The monoisotopic (exact) mass is 302 g/mol. The normalized spacial score (nSPS) is 20.5. The second-order valence-electron chi connectivity index (χ2n) is 5.36. The topological polar surface area (TPSA) is 59.5 Å². The minimum atomic E-state index is -3.23. The van der Waals surface area contributed by atoms with Crippen molar-refractivity contribution in [2.75, 3.05) is 18.8 Å². The van der Waals surface area contributed by atoms with Crippen molar-refractivity contribution in [2.45, 2.75) is 26.4 Å². The van der Waals surface area contributed by atoms with Gasteiger partial charge in [-0.25, -0.2) is 8.42 Å². The van der Waals surface area contributed by atoms with Crippen molar-refractivity contribution >= 4 is 10.0 Å². The van der Waals surface area contributed by atoms with E-state index in [2.05, 4.69) is 4.98 Å². The van der Waals surface area contributed by atoms with Gasteiger partial charge in [-0.2, -0.15) is 13.7 Å². The first-order chi connectivity index (χ1) is 9.37. The van der Waals surface area contributed by atoms with Gasteiger partial charge in [-0.1, -0.05) is 19.9 Å². The summed E-state index contributed by atoms with van der Waals surface area (Å²) >= 11 is 0. The highest BCUT2D eigenvalue weighted by Gasteiger charge is 2.32. The first kappa shape index (κ1) is 15.2. The molecule has 0 bridgehead atoms. The maximum Gasteiger partial charge on any atom is 0.216 e. The first-order valence-corrected chi connectivity index (χ1v) is 8.25. The Kier molecular flexibility index (Phi) is 4.59. The maximum atomic E-state index is 13.0. The third-order valence-electron chi connectivity index (χ3n) is 3.02. The van der Waals surface area contributed by atoms with Crippen LogP contribution in [0, 0.1) is 11.9 Å². The van der Waals surface area contributed by atoms with Crippen LogP contribution in [0.3, 0.4) is 0 Å². The Balaban J connectivity index is 1.96. The Morgan fingerprint density at radius 2 is 2.25 bits per heavy atom. The Morgan fingerprint density at radius 3 is 2.90 bits per heavy atom. The molecule has 7 heteroatoms. The van der Waals surface area contributed by atoms with Gasteiger partial charge in [0.2, 0.25) is 21.9 Å². The Hall–Kier alpha value is -1.21. The predicted octanol–water partition coefficient (Wildman–Crippen LogP) is 1.66. The average Bonchev–Trinajstić information content (AvgIpc) is 2.76. The van der Waals surface area contributed by atoms with Crippen LogP contribution in [0.1, 0.15) is 20.3 Å². The Morgan fingerprint density at radius 1 is 1.50 bits per heavy atom. The standard InChI is InChI=1S/C13H19FN2O3S/c1-10(2)9-20(17,18)16-7-6-11(8-16)19-13-5-3-4-12(14)15-13/h3-5,10-11H,6-9H2,1-2H3. The van der Waals surface area contributed by atoms with Gasteiger partial charge < -0.3 is 4.74 Å². The van der Waals surface area contributed by atoms with Crippen molar-refractivity contribution in [3.05, 3.63) is 24.1 Å². The molecule has 1 aromatic rings. The summed E-state index contributed by atoms with van der Waals surface area (Å²) in [4.78, 5) is 3.62. The number of hydrogen-bond acceptors (Lipinski definition) is 4. The summed E-state index contributed by atoms with van der Waals surface area (Å²) < 4.78 is 44.1. The lowest BCUT2D eigenvalue weighted by molar-refractivity contribution is 0.204. The largest absolute Gasteiger partial charge is 0.473 e. The first-order valence-electron chi connectivity index (χ1n) is 6.64. The van der Waals surface area contributed by atoms with E-state index in [9.17, 15) is 12.8 Å². The van der Waals surface area contributed by atoms with E-state index in [-0.39, 0.29) is 23.7 Å². The highest BCUT2D eigenvalue weighted by atomic mass is 32.2. The van der Waals surface area contributed by atoms with E-state index in [1.165, 1.54) is 16.4 Å². The van der Waals surface area contributed by atoms with Crippen molar-refractivity contribution in [3.63, 3.8) is 0 Å². The van der Waals surface area contributed by atoms with E-state index in [1.54, 1.807) is 6.07 Å². The summed E-state index contributed by atoms with van der Waals surface area (Å²) in [6.45, 7) is 4.48. The van der Waals surface area contributed by atoms with Gasteiger partial charge in [-0.15, -0.1) is 0 Å². The fourth-order valence-corrected chi connectivity index (χ4v) is 4.03. The Labute approximate surface area is 118 Å². The molecule has 0 radical (unpaired) electrons. The molecule has 1 atom stereocenters. The number of nitrogens with zero attached hydrogens (tertiary/aromatic N) is 2. The van der Waals surface area contributed by atoms with Gasteiger partial charge in [0.05, 0.1) is 12.3 Å². The zero-order valence-electron chi connectivity index (χ0n) is 11.6. The molecular weight excluding hydrogens is 283 g/mol. The number of ether oxygens (including phenoxy) is 1. The van der Waals surface area contributed by atoms with Crippen LogP contribution in [0.4, 0.5) is 4.39 Å². The summed E-state index contributed by atoms with van der Waals surface area (Å²) in [7, 11) is -3.23. The molecule has 1 unspecified atom stereocenters. The van der Waals surface area contributed by atoms with Gasteiger partial charge in [0.1, 0.15) is 6.10 Å². The third kappa shape index (κ3) is 3.89. The molecule has 0 N–H and O–H groups in total. The molecule has 0 saturated carbocycles. The second kappa shape index (κ2) is 6.05. The molecule has 1 aromatic heterocycles. The van der Waals surface area contributed by atoms with Crippen molar-refractivity contribution < 1.29 is 17.5 Å². The molecule has 0 amide bonds. The molecule has 2 rings (SSSR count). The van der Waals surface area contributed by atoms with Gasteiger partial charge in [0, 0.05) is 12.6 Å². The van der Waals surface area contributed by atoms with Gasteiger partial charge in [-0.05, 0) is 18.4 Å². The molecule has 112 valence electrons. The van der Waals surface area contributed by atoms with Gasteiger partial charge in [0.25, 0.3) is 0 Å². The van der Waals surface area contributed by atoms with E-state index >= 15 is 0 Å². The third-order valence-corrected chi connectivity index (χ3v) is 5.23. The fraction of sp³-hybridized carbons (Fsp3) is 0.615. The number of aromatic nitrogens is 1. The molecule has 1 aliphatic rings. The number of pyridine rings is 1. The fourth-order valence-electron chi connectivity index (χ4n) is 2.20. The molecule has 1 saturated heterocycles. The number of rotatable bonds is 5. The van der Waals surface area contributed by atoms with Crippen molar-refractivity contribution in [1.29, 1.82) is 0 Å². The van der Waals surface area contributed by atoms with Crippen LogP contribution in [0.2, 0.25) is 0 Å². The van der Waals surface area contributed by atoms with E-state index in [1.807, 2.05) is 13.8 Å².